The van der Waals surface area contributed by atoms with Crippen LogP contribution in [0, 0.1) is 11.6 Å². The van der Waals surface area contributed by atoms with Crippen molar-refractivity contribution in [1.82, 2.24) is 9.80 Å². The Hall–Kier alpha value is -2.02. The molecule has 0 spiro atoms. The molecule has 1 aromatic rings. The molecule has 22 heavy (non-hydrogen) atoms. The lowest BCUT2D eigenvalue weighted by Crippen LogP contribution is -2.41. The van der Waals surface area contributed by atoms with E-state index >= 15 is 0 Å². The molecule has 0 aliphatic heterocycles. The van der Waals surface area contributed by atoms with E-state index in [0.29, 0.717) is 13.1 Å². The monoisotopic (exact) mass is 313 g/mol. The largest absolute Gasteiger partial charge is 0.342 e. The van der Waals surface area contributed by atoms with Crippen LogP contribution in [0.3, 0.4) is 0 Å². The molecule has 0 aromatic heterocycles. The first kappa shape index (κ1) is 18.0. The first-order valence-corrected chi connectivity index (χ1v) is 7.08. The van der Waals surface area contributed by atoms with Gasteiger partial charge in [-0.05, 0) is 33.0 Å². The Morgan fingerprint density at radius 3 is 2.27 bits per heavy atom. The quantitative estimate of drug-likeness (QED) is 0.834. The van der Waals surface area contributed by atoms with Crippen LogP contribution in [0.2, 0.25) is 0 Å². The summed E-state index contributed by atoms with van der Waals surface area (Å²) < 4.78 is 25.8. The van der Waals surface area contributed by atoms with Gasteiger partial charge in [-0.15, -0.1) is 0 Å². The molecular formula is C15H21F2N3O2. The van der Waals surface area contributed by atoms with E-state index in [0.717, 1.165) is 12.1 Å². The summed E-state index contributed by atoms with van der Waals surface area (Å²) in [5.41, 5.74) is 0.173. The number of carbonyl (C=O) groups is 2. The predicted octanol–water partition coefficient (Wildman–Crippen LogP) is 1.70. The summed E-state index contributed by atoms with van der Waals surface area (Å²) in [5.74, 6) is -2.46. The number of hydrogen-bond donors (Lipinski definition) is 1. The molecule has 0 aliphatic carbocycles. The Morgan fingerprint density at radius 1 is 1.09 bits per heavy atom. The molecule has 0 saturated heterocycles. The van der Waals surface area contributed by atoms with Crippen molar-refractivity contribution < 1.29 is 18.4 Å². The maximum Gasteiger partial charge on any atom is 0.238 e. The molecule has 0 aliphatic rings. The van der Waals surface area contributed by atoms with Gasteiger partial charge in [-0.25, -0.2) is 8.78 Å². The number of amides is 2. The summed E-state index contributed by atoms with van der Waals surface area (Å²) in [6.07, 6.45) is 0. The van der Waals surface area contributed by atoms with E-state index in [-0.39, 0.29) is 24.7 Å². The Labute approximate surface area is 128 Å². The van der Waals surface area contributed by atoms with Gasteiger partial charge in [0.15, 0.2) is 11.6 Å². The van der Waals surface area contributed by atoms with E-state index < -0.39 is 17.5 Å². The van der Waals surface area contributed by atoms with E-state index in [1.165, 1.54) is 6.07 Å². The second-order valence-corrected chi connectivity index (χ2v) is 4.92. The van der Waals surface area contributed by atoms with Crippen LogP contribution in [0.5, 0.6) is 0 Å². The minimum absolute atomic E-state index is 0.0218. The highest BCUT2D eigenvalue weighted by molar-refractivity contribution is 5.92. The van der Waals surface area contributed by atoms with E-state index in [1.54, 1.807) is 16.8 Å². The number of carbonyl (C=O) groups excluding carboxylic acids is 2. The number of anilines is 1. The van der Waals surface area contributed by atoms with Crippen molar-refractivity contribution in [3.05, 3.63) is 29.8 Å². The zero-order valence-electron chi connectivity index (χ0n) is 13.0. The topological polar surface area (TPSA) is 52.7 Å². The Balaban J connectivity index is 2.50. The van der Waals surface area contributed by atoms with Gasteiger partial charge in [0.1, 0.15) is 0 Å². The third-order valence-electron chi connectivity index (χ3n) is 3.14. The number of nitrogens with one attached hydrogen (secondary N) is 1. The van der Waals surface area contributed by atoms with Gasteiger partial charge in [-0.3, -0.25) is 14.5 Å². The van der Waals surface area contributed by atoms with Crippen LogP contribution in [0.4, 0.5) is 14.5 Å². The number of benzene rings is 1. The van der Waals surface area contributed by atoms with Gasteiger partial charge in [0.25, 0.3) is 0 Å². The zero-order valence-corrected chi connectivity index (χ0v) is 13.0. The molecule has 0 atom stereocenters. The standard InChI is InChI=1S/C15H21F2N3O2/c1-4-20(5-2)15(22)10-19(3)9-14(21)18-11-6-7-12(16)13(17)8-11/h6-8H,4-5,9-10H2,1-3H3,(H,18,21). The Bertz CT molecular complexity index is 534. The third-order valence-corrected chi connectivity index (χ3v) is 3.14. The number of rotatable bonds is 7. The Morgan fingerprint density at radius 2 is 1.73 bits per heavy atom. The molecule has 122 valence electrons. The van der Waals surface area contributed by atoms with Crippen molar-refractivity contribution in [2.24, 2.45) is 0 Å². The molecule has 1 N–H and O–H groups in total. The number of nitrogens with zero attached hydrogens (tertiary/aromatic N) is 2. The van der Waals surface area contributed by atoms with Crippen LogP contribution in [0.25, 0.3) is 0 Å². The summed E-state index contributed by atoms with van der Waals surface area (Å²) in [4.78, 5) is 27.0. The maximum absolute atomic E-state index is 13.0. The van der Waals surface area contributed by atoms with Crippen molar-refractivity contribution in [3.8, 4) is 0 Å². The number of hydrogen-bond acceptors (Lipinski definition) is 3. The van der Waals surface area contributed by atoms with Gasteiger partial charge in [-0.1, -0.05) is 0 Å². The van der Waals surface area contributed by atoms with Crippen molar-refractivity contribution >= 4 is 17.5 Å². The highest BCUT2D eigenvalue weighted by atomic mass is 19.2. The SMILES string of the molecule is CCN(CC)C(=O)CN(C)CC(=O)Nc1ccc(F)c(F)c1. The lowest BCUT2D eigenvalue weighted by atomic mass is 10.3. The third kappa shape index (κ3) is 5.40. The highest BCUT2D eigenvalue weighted by Gasteiger charge is 2.15. The van der Waals surface area contributed by atoms with Crippen LogP contribution >= 0.6 is 0 Å². The van der Waals surface area contributed by atoms with Crippen molar-refractivity contribution in [1.29, 1.82) is 0 Å². The van der Waals surface area contributed by atoms with Gasteiger partial charge in [0.2, 0.25) is 11.8 Å². The summed E-state index contributed by atoms with van der Waals surface area (Å²) in [5, 5.41) is 2.46. The molecule has 0 radical (unpaired) electrons. The lowest BCUT2D eigenvalue weighted by Gasteiger charge is -2.22. The molecule has 0 bridgehead atoms. The van der Waals surface area contributed by atoms with Gasteiger partial charge >= 0.3 is 0 Å². The summed E-state index contributed by atoms with van der Waals surface area (Å²) >= 11 is 0. The van der Waals surface area contributed by atoms with Crippen LogP contribution in [-0.4, -0.2) is 54.8 Å². The lowest BCUT2D eigenvalue weighted by molar-refractivity contribution is -0.132. The molecule has 0 saturated carbocycles. The minimum atomic E-state index is -1.03. The van der Waals surface area contributed by atoms with Gasteiger partial charge in [0, 0.05) is 24.8 Å². The first-order chi connectivity index (χ1) is 10.4. The summed E-state index contributed by atoms with van der Waals surface area (Å²) in [6.45, 7) is 5.10. The second-order valence-electron chi connectivity index (χ2n) is 4.92. The second kappa shape index (κ2) is 8.43. The van der Waals surface area contributed by atoms with Crippen molar-refractivity contribution in [3.63, 3.8) is 0 Å². The molecule has 0 fully saturated rings. The molecule has 2 amide bonds. The fourth-order valence-corrected chi connectivity index (χ4v) is 1.98. The van der Waals surface area contributed by atoms with E-state index in [9.17, 15) is 18.4 Å². The van der Waals surface area contributed by atoms with Gasteiger partial charge < -0.3 is 10.2 Å². The molecule has 7 heteroatoms. The van der Waals surface area contributed by atoms with Crippen molar-refractivity contribution in [2.75, 3.05) is 38.5 Å². The fraction of sp³-hybridized carbons (Fsp3) is 0.467. The summed E-state index contributed by atoms with van der Waals surface area (Å²) in [6, 6.07) is 3.13. The molecular weight excluding hydrogens is 292 g/mol. The molecule has 0 unspecified atom stereocenters. The number of likely N-dealkylation sites (N-methyl/N-ethyl adjacent to an activating group) is 2. The summed E-state index contributed by atoms with van der Waals surface area (Å²) in [7, 11) is 1.65. The van der Waals surface area contributed by atoms with Gasteiger partial charge in [-0.2, -0.15) is 0 Å². The molecule has 1 rings (SSSR count). The Kier molecular flexibility index (Phi) is 6.91. The van der Waals surface area contributed by atoms with Crippen molar-refractivity contribution in [2.45, 2.75) is 13.8 Å². The molecule has 5 nitrogen and oxygen atoms in total. The van der Waals surface area contributed by atoms with Crippen LogP contribution < -0.4 is 5.32 Å². The van der Waals surface area contributed by atoms with Gasteiger partial charge in [0.05, 0.1) is 13.1 Å². The number of halogens is 2. The fourth-order valence-electron chi connectivity index (χ4n) is 1.98. The van der Waals surface area contributed by atoms with E-state index in [1.807, 2.05) is 13.8 Å². The maximum atomic E-state index is 13.0. The molecule has 1 aromatic carbocycles. The van der Waals surface area contributed by atoms with E-state index in [4.69, 9.17) is 0 Å². The predicted molar refractivity (Wildman–Crippen MR) is 80.4 cm³/mol. The zero-order chi connectivity index (χ0) is 16.7. The van der Waals surface area contributed by atoms with Crippen LogP contribution in [0.15, 0.2) is 18.2 Å². The first-order valence-electron chi connectivity index (χ1n) is 7.08. The average molecular weight is 313 g/mol. The van der Waals surface area contributed by atoms with Crippen LogP contribution in [-0.2, 0) is 9.59 Å². The minimum Gasteiger partial charge on any atom is -0.342 e. The normalized spacial score (nSPS) is 10.6. The van der Waals surface area contributed by atoms with E-state index in [2.05, 4.69) is 5.32 Å². The smallest absolute Gasteiger partial charge is 0.238 e. The molecule has 0 heterocycles. The average Bonchev–Trinajstić information content (AvgIpc) is 2.43. The van der Waals surface area contributed by atoms with Crippen LogP contribution in [0.1, 0.15) is 13.8 Å². The highest BCUT2D eigenvalue weighted by Crippen LogP contribution is 2.12.